The van der Waals surface area contributed by atoms with E-state index in [-0.39, 0.29) is 23.1 Å². The van der Waals surface area contributed by atoms with Gasteiger partial charge in [-0.3, -0.25) is 14.8 Å². The number of carbonyl (C=O) groups excluding carboxylic acids is 1. The van der Waals surface area contributed by atoms with Gasteiger partial charge in [-0.15, -0.1) is 0 Å². The number of halogens is 1. The molecule has 0 atom stereocenters. The molecule has 0 aliphatic carbocycles. The maximum Gasteiger partial charge on any atom is 0.410 e. The average Bonchev–Trinajstić information content (AvgIpc) is 3.40. The first kappa shape index (κ1) is 30.0. The van der Waals surface area contributed by atoms with E-state index in [2.05, 4.69) is 20.0 Å². The summed E-state index contributed by atoms with van der Waals surface area (Å²) in [5.74, 6) is 0.463. The van der Waals surface area contributed by atoms with Gasteiger partial charge in [0.05, 0.1) is 35.2 Å². The first-order valence-electron chi connectivity index (χ1n) is 13.6. The number of ether oxygens (including phenoxy) is 2. The van der Waals surface area contributed by atoms with Crippen LogP contribution in [0, 0.1) is 17.0 Å². The smallest absolute Gasteiger partial charge is 0.410 e. The van der Waals surface area contributed by atoms with E-state index < -0.39 is 10.5 Å². The Labute approximate surface area is 244 Å². The lowest BCUT2D eigenvalue weighted by Crippen LogP contribution is -2.47. The van der Waals surface area contributed by atoms with Gasteiger partial charge in [-0.2, -0.15) is 5.10 Å². The molecule has 1 saturated heterocycles. The van der Waals surface area contributed by atoms with Crippen LogP contribution in [0.1, 0.15) is 45.6 Å². The number of aryl methyl sites for hydroxylation is 2. The topological polar surface area (TPSA) is 129 Å². The van der Waals surface area contributed by atoms with Crippen LogP contribution >= 0.6 is 11.6 Å². The summed E-state index contributed by atoms with van der Waals surface area (Å²) in [5, 5.41) is 16.1. The van der Waals surface area contributed by atoms with Crippen molar-refractivity contribution >= 4 is 29.1 Å². The molecule has 1 aromatic carbocycles. The second kappa shape index (κ2) is 12.7. The van der Waals surface area contributed by atoms with Gasteiger partial charge in [-0.1, -0.05) is 0 Å². The zero-order valence-electron chi connectivity index (χ0n) is 24.0. The predicted molar refractivity (Wildman–Crippen MR) is 155 cm³/mol. The summed E-state index contributed by atoms with van der Waals surface area (Å²) in [5.41, 5.74) is 2.69. The van der Waals surface area contributed by atoms with E-state index in [0.29, 0.717) is 38.4 Å². The number of rotatable bonds is 9. The molecule has 1 aliphatic heterocycles. The molecule has 0 unspecified atom stereocenters. The Bertz CT molecular complexity index is 1380. The molecular formula is C28H36ClN7O5. The fraction of sp³-hybridized carbons (Fsp3) is 0.500. The van der Waals surface area contributed by atoms with Gasteiger partial charge in [-0.05, 0) is 63.8 Å². The molecule has 13 heteroatoms. The summed E-state index contributed by atoms with van der Waals surface area (Å²) in [6, 6.07) is 4.75. The summed E-state index contributed by atoms with van der Waals surface area (Å²) in [6.45, 7) is 9.74. The number of benzene rings is 1. The van der Waals surface area contributed by atoms with Crippen molar-refractivity contribution in [1.29, 1.82) is 0 Å². The van der Waals surface area contributed by atoms with Gasteiger partial charge in [0.1, 0.15) is 11.4 Å². The molecule has 12 nitrogen and oxygen atoms in total. The normalized spacial score (nSPS) is 14.1. The van der Waals surface area contributed by atoms with Crippen LogP contribution in [0.2, 0.25) is 5.28 Å². The zero-order chi connectivity index (χ0) is 29.7. The SMILES string of the molecule is Cc1cnc(Cl)nc1-c1cnn(CCCOc2cc([N+](=O)[O-])ccc2N2CCC(N(C)C(=O)OC(C)(C)C)CC2)c1. The van der Waals surface area contributed by atoms with E-state index in [0.717, 1.165) is 35.3 Å². The van der Waals surface area contributed by atoms with E-state index in [1.165, 1.54) is 12.1 Å². The van der Waals surface area contributed by atoms with E-state index in [9.17, 15) is 14.9 Å². The van der Waals surface area contributed by atoms with Crippen LogP contribution in [-0.4, -0.2) is 74.1 Å². The van der Waals surface area contributed by atoms with Crippen molar-refractivity contribution in [3.8, 4) is 17.0 Å². The molecule has 0 bridgehead atoms. The molecule has 41 heavy (non-hydrogen) atoms. The number of nitrogens with zero attached hydrogens (tertiary/aromatic N) is 7. The fourth-order valence-corrected chi connectivity index (χ4v) is 4.83. The third-order valence-electron chi connectivity index (χ3n) is 6.83. The van der Waals surface area contributed by atoms with Gasteiger partial charge >= 0.3 is 6.09 Å². The van der Waals surface area contributed by atoms with E-state index in [4.69, 9.17) is 21.1 Å². The quantitative estimate of drug-likeness (QED) is 0.138. The summed E-state index contributed by atoms with van der Waals surface area (Å²) in [6.07, 6.45) is 7.08. The Hall–Kier alpha value is -3.93. The molecule has 0 spiro atoms. The van der Waals surface area contributed by atoms with E-state index >= 15 is 0 Å². The van der Waals surface area contributed by atoms with Crippen LogP contribution in [0.5, 0.6) is 5.75 Å². The second-order valence-electron chi connectivity index (χ2n) is 11.1. The highest BCUT2D eigenvalue weighted by atomic mass is 35.5. The number of piperidine rings is 1. The number of hydrogen-bond donors (Lipinski definition) is 0. The second-order valence-corrected chi connectivity index (χ2v) is 11.4. The maximum atomic E-state index is 12.5. The number of hydrogen-bond acceptors (Lipinski definition) is 9. The Morgan fingerprint density at radius 3 is 2.66 bits per heavy atom. The molecule has 220 valence electrons. The summed E-state index contributed by atoms with van der Waals surface area (Å²) >= 11 is 5.96. The van der Waals surface area contributed by atoms with Crippen molar-refractivity contribution < 1.29 is 19.2 Å². The number of carbonyl (C=O) groups is 1. The summed E-state index contributed by atoms with van der Waals surface area (Å²) in [7, 11) is 1.77. The molecule has 3 aromatic rings. The van der Waals surface area contributed by atoms with Crippen molar-refractivity contribution in [2.75, 3.05) is 31.6 Å². The molecule has 0 saturated carbocycles. The van der Waals surface area contributed by atoms with E-state index in [1.54, 1.807) is 35.1 Å². The maximum absolute atomic E-state index is 12.5. The minimum absolute atomic E-state index is 0.0288. The highest BCUT2D eigenvalue weighted by molar-refractivity contribution is 6.28. The van der Waals surface area contributed by atoms with Crippen molar-refractivity contribution in [3.63, 3.8) is 0 Å². The molecule has 3 heterocycles. The van der Waals surface area contributed by atoms with Crippen LogP contribution in [0.15, 0.2) is 36.8 Å². The monoisotopic (exact) mass is 585 g/mol. The van der Waals surface area contributed by atoms with Crippen molar-refractivity contribution in [2.24, 2.45) is 0 Å². The lowest BCUT2D eigenvalue weighted by atomic mass is 10.0. The highest BCUT2D eigenvalue weighted by Crippen LogP contribution is 2.35. The van der Waals surface area contributed by atoms with Crippen molar-refractivity contribution in [1.82, 2.24) is 24.6 Å². The summed E-state index contributed by atoms with van der Waals surface area (Å²) in [4.78, 5) is 35.6. The van der Waals surface area contributed by atoms with Crippen LogP contribution in [-0.2, 0) is 11.3 Å². The molecule has 1 amide bonds. The molecule has 1 aliphatic rings. The van der Waals surface area contributed by atoms with Crippen molar-refractivity contribution in [3.05, 3.63) is 57.8 Å². The minimum Gasteiger partial charge on any atom is -0.491 e. The fourth-order valence-electron chi connectivity index (χ4n) is 4.70. The molecule has 1 fully saturated rings. The largest absolute Gasteiger partial charge is 0.491 e. The van der Waals surface area contributed by atoms with Crippen LogP contribution in [0.3, 0.4) is 0 Å². The minimum atomic E-state index is -0.555. The van der Waals surface area contributed by atoms with Gasteiger partial charge < -0.3 is 19.3 Å². The number of nitro benzene ring substituents is 1. The third kappa shape index (κ3) is 7.84. The lowest BCUT2D eigenvalue weighted by molar-refractivity contribution is -0.384. The van der Waals surface area contributed by atoms with Crippen LogP contribution in [0.4, 0.5) is 16.2 Å². The number of aromatic nitrogens is 4. The average molecular weight is 586 g/mol. The van der Waals surface area contributed by atoms with Gasteiger partial charge in [0.25, 0.3) is 5.69 Å². The predicted octanol–water partition coefficient (Wildman–Crippen LogP) is 5.51. The zero-order valence-corrected chi connectivity index (χ0v) is 24.8. The summed E-state index contributed by atoms with van der Waals surface area (Å²) < 4.78 is 13.4. The number of nitro groups is 1. The highest BCUT2D eigenvalue weighted by Gasteiger charge is 2.30. The van der Waals surface area contributed by atoms with Crippen molar-refractivity contribution in [2.45, 2.75) is 65.1 Å². The molecule has 0 radical (unpaired) electrons. The Morgan fingerprint density at radius 1 is 1.24 bits per heavy atom. The third-order valence-corrected chi connectivity index (χ3v) is 7.01. The molecule has 4 rings (SSSR count). The number of amides is 1. The van der Waals surface area contributed by atoms with Gasteiger partial charge in [-0.25, -0.2) is 14.8 Å². The molecule has 2 aromatic heterocycles. The van der Waals surface area contributed by atoms with Gasteiger partial charge in [0.2, 0.25) is 5.28 Å². The van der Waals surface area contributed by atoms with Gasteiger partial charge in [0.15, 0.2) is 0 Å². The standard InChI is InChI=1S/C28H36ClN7O5/c1-19-16-30-26(29)32-25(19)20-17-31-35(18-20)11-6-14-40-24-15-22(36(38)39)7-8-23(24)34-12-9-21(10-13-34)33(5)27(37)41-28(2,3)4/h7-8,15-18,21H,6,9-14H2,1-5H3. The Balaban J connectivity index is 1.36. The van der Waals surface area contributed by atoms with Crippen LogP contribution in [0.25, 0.3) is 11.3 Å². The first-order chi connectivity index (χ1) is 19.4. The van der Waals surface area contributed by atoms with Gasteiger partial charge in [0, 0.05) is 63.2 Å². The lowest BCUT2D eigenvalue weighted by Gasteiger charge is -2.38. The van der Waals surface area contributed by atoms with E-state index in [1.807, 2.05) is 33.9 Å². The number of non-ortho nitro benzene ring substituents is 1. The molecular weight excluding hydrogens is 550 g/mol. The molecule has 0 N–H and O–H groups in total. The number of anilines is 1. The van der Waals surface area contributed by atoms with Crippen LogP contribution < -0.4 is 9.64 Å². The first-order valence-corrected chi connectivity index (χ1v) is 13.9. The Kier molecular flexibility index (Phi) is 9.31. The Morgan fingerprint density at radius 2 is 1.98 bits per heavy atom.